The summed E-state index contributed by atoms with van der Waals surface area (Å²) in [5.41, 5.74) is 10.4. The summed E-state index contributed by atoms with van der Waals surface area (Å²) in [6, 6.07) is 13.9. The van der Waals surface area contributed by atoms with Gasteiger partial charge in [0, 0.05) is 18.3 Å². The molecule has 0 saturated heterocycles. The number of H-pyrrole nitrogens is 2. The molecule has 1 aromatic heterocycles. The number of rotatable bonds is 4. The zero-order valence-corrected chi connectivity index (χ0v) is 11.8. The molecule has 0 fully saturated rings. The van der Waals surface area contributed by atoms with E-state index in [-0.39, 0.29) is 11.7 Å². The summed E-state index contributed by atoms with van der Waals surface area (Å²) >= 11 is 0. The fraction of sp³-hybridized carbons (Fsp3) is 0.188. The lowest BCUT2D eigenvalue weighted by atomic mass is 10.1. The molecule has 5 N–H and O–H groups in total. The SMILES string of the molecule is CC(NCc1ccccc1N)c1ccc2[nH]c(=O)[nH]c2c1. The van der Waals surface area contributed by atoms with Crippen molar-refractivity contribution in [1.82, 2.24) is 15.3 Å². The molecule has 1 unspecified atom stereocenters. The van der Waals surface area contributed by atoms with Gasteiger partial charge in [0.15, 0.2) is 0 Å². The second-order valence-corrected chi connectivity index (χ2v) is 5.19. The number of hydrogen-bond donors (Lipinski definition) is 4. The van der Waals surface area contributed by atoms with Gasteiger partial charge in [-0.1, -0.05) is 24.3 Å². The second-order valence-electron chi connectivity index (χ2n) is 5.19. The molecular weight excluding hydrogens is 264 g/mol. The second kappa shape index (κ2) is 5.46. The van der Waals surface area contributed by atoms with Crippen LogP contribution in [0.2, 0.25) is 0 Å². The molecular formula is C16H18N4O. The first-order valence-electron chi connectivity index (χ1n) is 6.92. The number of nitrogen functional groups attached to an aromatic ring is 1. The van der Waals surface area contributed by atoms with Gasteiger partial charge >= 0.3 is 5.69 Å². The van der Waals surface area contributed by atoms with Gasteiger partial charge < -0.3 is 21.0 Å². The van der Waals surface area contributed by atoms with Crippen LogP contribution in [-0.2, 0) is 6.54 Å². The monoisotopic (exact) mass is 282 g/mol. The molecule has 0 bridgehead atoms. The molecule has 0 aliphatic rings. The summed E-state index contributed by atoms with van der Waals surface area (Å²) < 4.78 is 0. The first kappa shape index (κ1) is 13.5. The number of nitrogens with two attached hydrogens (primary N) is 1. The normalized spacial score (nSPS) is 12.6. The van der Waals surface area contributed by atoms with E-state index in [9.17, 15) is 4.79 Å². The van der Waals surface area contributed by atoms with Gasteiger partial charge in [0.2, 0.25) is 0 Å². The van der Waals surface area contributed by atoms with E-state index in [4.69, 9.17) is 5.73 Å². The summed E-state index contributed by atoms with van der Waals surface area (Å²) in [4.78, 5) is 16.8. The third-order valence-electron chi connectivity index (χ3n) is 3.69. The van der Waals surface area contributed by atoms with Crippen LogP contribution in [0.4, 0.5) is 5.69 Å². The topological polar surface area (TPSA) is 86.7 Å². The maximum Gasteiger partial charge on any atom is 0.323 e. The van der Waals surface area contributed by atoms with E-state index in [0.717, 1.165) is 27.8 Å². The van der Waals surface area contributed by atoms with Gasteiger partial charge in [0.05, 0.1) is 11.0 Å². The Kier molecular flexibility index (Phi) is 3.50. The minimum absolute atomic E-state index is 0.160. The van der Waals surface area contributed by atoms with Crippen molar-refractivity contribution in [3.05, 3.63) is 64.1 Å². The highest BCUT2D eigenvalue weighted by Gasteiger charge is 2.08. The van der Waals surface area contributed by atoms with Gasteiger partial charge in [0.25, 0.3) is 0 Å². The minimum Gasteiger partial charge on any atom is -0.398 e. The van der Waals surface area contributed by atoms with Crippen LogP contribution in [-0.4, -0.2) is 9.97 Å². The van der Waals surface area contributed by atoms with E-state index in [1.165, 1.54) is 0 Å². The molecule has 2 aromatic carbocycles. The molecule has 21 heavy (non-hydrogen) atoms. The van der Waals surface area contributed by atoms with Crippen molar-refractivity contribution < 1.29 is 0 Å². The Labute approximate surface area is 122 Å². The van der Waals surface area contributed by atoms with Gasteiger partial charge in [-0.15, -0.1) is 0 Å². The number of aromatic amines is 2. The molecule has 108 valence electrons. The molecule has 0 saturated carbocycles. The smallest absolute Gasteiger partial charge is 0.323 e. The highest BCUT2D eigenvalue weighted by molar-refractivity contribution is 5.75. The molecule has 0 aliphatic carbocycles. The van der Waals surface area contributed by atoms with Crippen molar-refractivity contribution in [2.24, 2.45) is 0 Å². The highest BCUT2D eigenvalue weighted by atomic mass is 16.1. The average Bonchev–Trinajstić information content (AvgIpc) is 2.85. The molecule has 1 heterocycles. The number of nitrogens with one attached hydrogen (secondary N) is 3. The van der Waals surface area contributed by atoms with Crippen molar-refractivity contribution in [2.45, 2.75) is 19.5 Å². The Bertz CT molecular complexity index is 818. The van der Waals surface area contributed by atoms with Gasteiger partial charge in [0.1, 0.15) is 0 Å². The molecule has 1 atom stereocenters. The number of para-hydroxylation sites is 1. The van der Waals surface area contributed by atoms with Crippen molar-refractivity contribution >= 4 is 16.7 Å². The number of hydrogen-bond acceptors (Lipinski definition) is 3. The van der Waals surface area contributed by atoms with E-state index in [1.807, 2.05) is 42.5 Å². The Morgan fingerprint density at radius 1 is 1.14 bits per heavy atom. The quantitative estimate of drug-likeness (QED) is 0.554. The molecule has 5 nitrogen and oxygen atoms in total. The lowest BCUT2D eigenvalue weighted by molar-refractivity contribution is 0.576. The average molecular weight is 282 g/mol. The third-order valence-corrected chi connectivity index (χ3v) is 3.69. The molecule has 0 spiro atoms. The maximum absolute atomic E-state index is 11.3. The first-order chi connectivity index (χ1) is 10.1. The lowest BCUT2D eigenvalue weighted by Crippen LogP contribution is -2.18. The van der Waals surface area contributed by atoms with Gasteiger partial charge in [-0.25, -0.2) is 4.79 Å². The molecule has 5 heteroatoms. The molecule has 3 aromatic rings. The Morgan fingerprint density at radius 2 is 1.90 bits per heavy atom. The van der Waals surface area contributed by atoms with E-state index >= 15 is 0 Å². The minimum atomic E-state index is -0.181. The fourth-order valence-electron chi connectivity index (χ4n) is 2.40. The lowest BCUT2D eigenvalue weighted by Gasteiger charge is -2.15. The zero-order valence-electron chi connectivity index (χ0n) is 11.8. The van der Waals surface area contributed by atoms with Crippen molar-refractivity contribution in [1.29, 1.82) is 0 Å². The number of fused-ring (bicyclic) bond motifs is 1. The number of benzene rings is 2. The predicted molar refractivity (Wildman–Crippen MR) is 85.0 cm³/mol. The van der Waals surface area contributed by atoms with Crippen LogP contribution < -0.4 is 16.7 Å². The van der Waals surface area contributed by atoms with Crippen LogP contribution in [0.5, 0.6) is 0 Å². The zero-order chi connectivity index (χ0) is 14.8. The van der Waals surface area contributed by atoms with Crippen LogP contribution in [0.15, 0.2) is 47.3 Å². The van der Waals surface area contributed by atoms with Gasteiger partial charge in [-0.05, 0) is 36.2 Å². The third kappa shape index (κ3) is 2.83. The predicted octanol–water partition coefficient (Wildman–Crippen LogP) is 2.29. The Balaban J connectivity index is 1.76. The van der Waals surface area contributed by atoms with Crippen molar-refractivity contribution in [3.8, 4) is 0 Å². The van der Waals surface area contributed by atoms with Crippen molar-refractivity contribution in [3.63, 3.8) is 0 Å². The van der Waals surface area contributed by atoms with Crippen molar-refractivity contribution in [2.75, 3.05) is 5.73 Å². The summed E-state index contributed by atoms with van der Waals surface area (Å²) in [6.07, 6.45) is 0. The molecule has 0 amide bonds. The van der Waals surface area contributed by atoms with Crippen LogP contribution in [0.1, 0.15) is 24.1 Å². The standard InChI is InChI=1S/C16H18N4O/c1-10(18-9-12-4-2-3-5-13(12)17)11-6-7-14-15(8-11)20-16(21)19-14/h2-8,10,18H,9,17H2,1H3,(H2,19,20,21). The molecule has 3 rings (SSSR count). The number of anilines is 1. The fourth-order valence-corrected chi connectivity index (χ4v) is 2.40. The van der Waals surface area contributed by atoms with E-state index < -0.39 is 0 Å². The Hall–Kier alpha value is -2.53. The van der Waals surface area contributed by atoms with E-state index in [1.54, 1.807) is 0 Å². The van der Waals surface area contributed by atoms with Crippen LogP contribution >= 0.6 is 0 Å². The highest BCUT2D eigenvalue weighted by Crippen LogP contribution is 2.18. The summed E-state index contributed by atoms with van der Waals surface area (Å²) in [5.74, 6) is 0. The van der Waals surface area contributed by atoms with Gasteiger partial charge in [-0.3, -0.25) is 0 Å². The number of aromatic nitrogens is 2. The first-order valence-corrected chi connectivity index (χ1v) is 6.92. The Morgan fingerprint density at radius 3 is 2.71 bits per heavy atom. The van der Waals surface area contributed by atoms with Crippen LogP contribution in [0.3, 0.4) is 0 Å². The van der Waals surface area contributed by atoms with Crippen LogP contribution in [0, 0.1) is 0 Å². The molecule has 0 radical (unpaired) electrons. The van der Waals surface area contributed by atoms with E-state index in [0.29, 0.717) is 6.54 Å². The summed E-state index contributed by atoms with van der Waals surface area (Å²) in [5, 5.41) is 3.45. The molecule has 0 aliphatic heterocycles. The van der Waals surface area contributed by atoms with E-state index in [2.05, 4.69) is 22.2 Å². The summed E-state index contributed by atoms with van der Waals surface area (Å²) in [6.45, 7) is 2.79. The number of imidazole rings is 1. The largest absolute Gasteiger partial charge is 0.398 e. The van der Waals surface area contributed by atoms with Gasteiger partial charge in [-0.2, -0.15) is 0 Å². The maximum atomic E-state index is 11.3. The summed E-state index contributed by atoms with van der Waals surface area (Å²) in [7, 11) is 0. The van der Waals surface area contributed by atoms with Crippen LogP contribution in [0.25, 0.3) is 11.0 Å².